The molecule has 0 spiro atoms. The van der Waals surface area contributed by atoms with Gasteiger partial charge in [0.2, 0.25) is 5.91 Å². The Morgan fingerprint density at radius 3 is 2.81 bits per heavy atom. The first-order chi connectivity index (χ1) is 12.5. The number of hydrogen-bond acceptors (Lipinski definition) is 5. The smallest absolute Gasteiger partial charge is 0.246 e. The predicted molar refractivity (Wildman–Crippen MR) is 105 cm³/mol. The minimum atomic E-state index is -0.251. The summed E-state index contributed by atoms with van der Waals surface area (Å²) in [6.45, 7) is 3.70. The van der Waals surface area contributed by atoms with Crippen LogP contribution in [0.25, 0.3) is 5.69 Å². The molecule has 0 bridgehead atoms. The second kappa shape index (κ2) is 7.99. The van der Waals surface area contributed by atoms with E-state index in [0.717, 1.165) is 10.7 Å². The van der Waals surface area contributed by atoms with Crippen LogP contribution in [0.3, 0.4) is 0 Å². The lowest BCUT2D eigenvalue weighted by molar-refractivity contribution is -0.120. The SMILES string of the molecule is Cc1nc(CC(=O)N/N=C\c2c(C)nn(-c3ccccc3Cl)c2Cl)cs1. The normalized spacial score (nSPS) is 11.2. The van der Waals surface area contributed by atoms with Crippen LogP contribution in [0.4, 0.5) is 0 Å². The summed E-state index contributed by atoms with van der Waals surface area (Å²) in [6.07, 6.45) is 1.65. The van der Waals surface area contributed by atoms with Crippen molar-refractivity contribution in [1.29, 1.82) is 0 Å². The second-order valence-electron chi connectivity index (χ2n) is 5.48. The van der Waals surface area contributed by atoms with Gasteiger partial charge in [-0.05, 0) is 26.0 Å². The second-order valence-corrected chi connectivity index (χ2v) is 7.31. The van der Waals surface area contributed by atoms with Gasteiger partial charge in [0.05, 0.1) is 45.3 Å². The van der Waals surface area contributed by atoms with Crippen molar-refractivity contribution in [2.75, 3.05) is 0 Å². The lowest BCUT2D eigenvalue weighted by atomic mass is 10.3. The third-order valence-electron chi connectivity index (χ3n) is 3.52. The van der Waals surface area contributed by atoms with Crippen LogP contribution in [-0.2, 0) is 11.2 Å². The summed E-state index contributed by atoms with van der Waals surface area (Å²) >= 11 is 14.1. The summed E-state index contributed by atoms with van der Waals surface area (Å²) < 4.78 is 1.54. The predicted octanol–water partition coefficient (Wildman–Crippen LogP) is 3.95. The number of amides is 1. The fraction of sp³-hybridized carbons (Fsp3) is 0.176. The van der Waals surface area contributed by atoms with Crippen molar-refractivity contribution in [3.05, 3.63) is 61.8 Å². The maximum absolute atomic E-state index is 11.9. The summed E-state index contributed by atoms with van der Waals surface area (Å²) in [6, 6.07) is 7.26. The number of nitrogens with zero attached hydrogens (tertiary/aromatic N) is 4. The molecule has 2 heterocycles. The molecular formula is C17H15Cl2N5OS. The number of halogens is 2. The number of nitrogens with one attached hydrogen (secondary N) is 1. The molecule has 0 saturated carbocycles. The van der Waals surface area contributed by atoms with Gasteiger partial charge >= 0.3 is 0 Å². The molecule has 0 saturated heterocycles. The Labute approximate surface area is 164 Å². The van der Waals surface area contributed by atoms with Gasteiger partial charge in [-0.25, -0.2) is 15.1 Å². The van der Waals surface area contributed by atoms with Crippen LogP contribution in [-0.4, -0.2) is 26.9 Å². The Kier molecular flexibility index (Phi) is 5.70. The zero-order chi connectivity index (χ0) is 18.7. The number of benzene rings is 1. The van der Waals surface area contributed by atoms with E-state index < -0.39 is 0 Å². The molecule has 0 unspecified atom stereocenters. The molecule has 1 N–H and O–H groups in total. The molecule has 0 aliphatic heterocycles. The highest BCUT2D eigenvalue weighted by atomic mass is 35.5. The largest absolute Gasteiger partial charge is 0.273 e. The first kappa shape index (κ1) is 18.6. The van der Waals surface area contributed by atoms with Crippen LogP contribution in [0.15, 0.2) is 34.7 Å². The first-order valence-corrected chi connectivity index (χ1v) is 9.32. The average molecular weight is 408 g/mol. The van der Waals surface area contributed by atoms with E-state index in [2.05, 4.69) is 20.6 Å². The summed E-state index contributed by atoms with van der Waals surface area (Å²) in [5.41, 5.74) is 5.15. The molecule has 1 amide bonds. The Bertz CT molecular complexity index is 979. The van der Waals surface area contributed by atoms with Gasteiger partial charge in [0.25, 0.3) is 0 Å². The van der Waals surface area contributed by atoms with Gasteiger partial charge in [-0.2, -0.15) is 10.2 Å². The van der Waals surface area contributed by atoms with Crippen molar-refractivity contribution in [3.8, 4) is 5.69 Å². The Morgan fingerprint density at radius 1 is 1.35 bits per heavy atom. The molecule has 0 aliphatic rings. The molecule has 134 valence electrons. The molecule has 6 nitrogen and oxygen atoms in total. The van der Waals surface area contributed by atoms with Gasteiger partial charge in [0, 0.05) is 5.38 Å². The Morgan fingerprint density at radius 2 is 2.12 bits per heavy atom. The van der Waals surface area contributed by atoms with Crippen molar-refractivity contribution in [2.24, 2.45) is 5.10 Å². The Hall–Kier alpha value is -2.22. The number of aryl methyl sites for hydroxylation is 2. The molecule has 0 aliphatic carbocycles. The topological polar surface area (TPSA) is 72.2 Å². The Balaban J connectivity index is 1.73. The number of para-hydroxylation sites is 1. The van der Waals surface area contributed by atoms with Crippen LogP contribution in [0.1, 0.15) is 22.0 Å². The van der Waals surface area contributed by atoms with Crippen molar-refractivity contribution in [2.45, 2.75) is 20.3 Å². The molecule has 26 heavy (non-hydrogen) atoms. The fourth-order valence-corrected chi connectivity index (χ4v) is 3.45. The van der Waals surface area contributed by atoms with Crippen LogP contribution in [0.2, 0.25) is 10.2 Å². The van der Waals surface area contributed by atoms with Crippen molar-refractivity contribution < 1.29 is 4.79 Å². The van der Waals surface area contributed by atoms with Crippen molar-refractivity contribution in [3.63, 3.8) is 0 Å². The zero-order valence-electron chi connectivity index (χ0n) is 14.0. The number of hydrazone groups is 1. The number of thiazole rings is 1. The zero-order valence-corrected chi connectivity index (χ0v) is 16.4. The molecule has 9 heteroatoms. The van der Waals surface area contributed by atoms with Crippen LogP contribution in [0.5, 0.6) is 0 Å². The number of aromatic nitrogens is 3. The summed E-state index contributed by atoms with van der Waals surface area (Å²) in [5, 5.41) is 12.0. The van der Waals surface area contributed by atoms with E-state index >= 15 is 0 Å². The van der Waals surface area contributed by atoms with Crippen LogP contribution < -0.4 is 5.43 Å². The monoisotopic (exact) mass is 407 g/mol. The molecular weight excluding hydrogens is 393 g/mol. The highest BCUT2D eigenvalue weighted by Gasteiger charge is 2.15. The third kappa shape index (κ3) is 4.12. The number of hydrogen-bond donors (Lipinski definition) is 1. The van der Waals surface area contributed by atoms with Gasteiger partial charge in [-0.3, -0.25) is 4.79 Å². The lowest BCUT2D eigenvalue weighted by Crippen LogP contribution is -2.20. The van der Waals surface area contributed by atoms with Gasteiger partial charge < -0.3 is 0 Å². The van der Waals surface area contributed by atoms with Gasteiger partial charge in [-0.1, -0.05) is 35.3 Å². The summed E-state index contributed by atoms with van der Waals surface area (Å²) in [7, 11) is 0. The molecule has 3 rings (SSSR count). The lowest BCUT2D eigenvalue weighted by Gasteiger charge is -2.04. The van der Waals surface area contributed by atoms with E-state index in [1.54, 1.807) is 17.7 Å². The van der Waals surface area contributed by atoms with Crippen molar-refractivity contribution in [1.82, 2.24) is 20.2 Å². The van der Waals surface area contributed by atoms with Gasteiger partial charge in [-0.15, -0.1) is 11.3 Å². The highest BCUT2D eigenvalue weighted by molar-refractivity contribution is 7.09. The summed E-state index contributed by atoms with van der Waals surface area (Å²) in [5.74, 6) is -0.251. The minimum absolute atomic E-state index is 0.174. The van der Waals surface area contributed by atoms with E-state index in [1.807, 2.05) is 30.5 Å². The molecule has 0 fully saturated rings. The van der Waals surface area contributed by atoms with Crippen LogP contribution in [0, 0.1) is 13.8 Å². The molecule has 0 atom stereocenters. The number of carbonyl (C=O) groups is 1. The summed E-state index contributed by atoms with van der Waals surface area (Å²) in [4.78, 5) is 16.2. The van der Waals surface area contributed by atoms with E-state index in [1.165, 1.54) is 17.6 Å². The fourth-order valence-electron chi connectivity index (χ4n) is 2.30. The molecule has 0 radical (unpaired) electrons. The quantitative estimate of drug-likeness (QED) is 0.513. The maximum Gasteiger partial charge on any atom is 0.246 e. The first-order valence-electron chi connectivity index (χ1n) is 7.68. The van der Waals surface area contributed by atoms with Gasteiger partial charge in [0.15, 0.2) is 0 Å². The number of rotatable bonds is 5. The van der Waals surface area contributed by atoms with E-state index in [-0.39, 0.29) is 12.3 Å². The van der Waals surface area contributed by atoms with Gasteiger partial charge in [0.1, 0.15) is 5.15 Å². The van der Waals surface area contributed by atoms with E-state index in [4.69, 9.17) is 23.2 Å². The molecule has 3 aromatic rings. The standard InChI is InChI=1S/C17H15Cl2N5OS/c1-10-13(8-20-22-16(25)7-12-9-26-11(2)21-12)17(19)24(23-10)15-6-4-3-5-14(15)18/h3-6,8-9H,7H2,1-2H3,(H,22,25)/b20-8-. The van der Waals surface area contributed by atoms with Crippen LogP contribution >= 0.6 is 34.5 Å². The highest BCUT2D eigenvalue weighted by Crippen LogP contribution is 2.26. The average Bonchev–Trinajstić information content (AvgIpc) is 3.12. The van der Waals surface area contributed by atoms with E-state index in [9.17, 15) is 4.79 Å². The van der Waals surface area contributed by atoms with Crippen molar-refractivity contribution >= 4 is 46.7 Å². The molecule has 2 aromatic heterocycles. The van der Waals surface area contributed by atoms with E-state index in [0.29, 0.717) is 27.1 Å². The molecule has 1 aromatic carbocycles. The minimum Gasteiger partial charge on any atom is -0.273 e. The maximum atomic E-state index is 11.9. The third-order valence-corrected chi connectivity index (χ3v) is 5.03. The number of carbonyl (C=O) groups excluding carboxylic acids is 1.